The van der Waals surface area contributed by atoms with Crippen LogP contribution < -0.4 is 20.9 Å². The molecule has 0 saturated heterocycles. The molecule has 4 N–H and O–H groups in total. The van der Waals surface area contributed by atoms with Crippen molar-refractivity contribution in [3.63, 3.8) is 0 Å². The number of nitrogens with zero attached hydrogens (tertiary/aromatic N) is 2. The van der Waals surface area contributed by atoms with Gasteiger partial charge in [-0.3, -0.25) is 9.98 Å². The number of rotatable bonds is 12. The summed E-state index contributed by atoms with van der Waals surface area (Å²) in [6.07, 6.45) is 12.3. The third-order valence-electron chi connectivity index (χ3n) is 7.09. The van der Waals surface area contributed by atoms with Crippen molar-refractivity contribution in [2.24, 2.45) is 21.5 Å². The molecule has 2 aromatic rings. The van der Waals surface area contributed by atoms with E-state index in [2.05, 4.69) is 0 Å². The standard InChI is InChI=1S/C30H42N4O2S.ClH/c31-29(33-25-7-3-1-4-8-25)23-11-15-27(16-12-23)35-19-21-37-22-20-36-28-17-13-24(14-18-28)30(32)34-26-9-5-2-6-10-26;/h11-18,25-26H,1-10,19-22H2,(H2,31,33)(H2,32,34);1H. The first-order valence-corrected chi connectivity index (χ1v) is 15.0. The van der Waals surface area contributed by atoms with Crippen molar-refractivity contribution in [2.75, 3.05) is 24.7 Å². The fraction of sp³-hybridized carbons (Fsp3) is 0.533. The Bertz CT molecular complexity index is 920. The van der Waals surface area contributed by atoms with Gasteiger partial charge in [-0.05, 0) is 74.2 Å². The van der Waals surface area contributed by atoms with Crippen LogP contribution in [0.25, 0.3) is 0 Å². The van der Waals surface area contributed by atoms with Gasteiger partial charge in [0.2, 0.25) is 0 Å². The predicted molar refractivity (Wildman–Crippen MR) is 164 cm³/mol. The zero-order valence-electron chi connectivity index (χ0n) is 22.4. The van der Waals surface area contributed by atoms with Gasteiger partial charge in [0.15, 0.2) is 0 Å². The molecule has 0 amide bonds. The first-order chi connectivity index (χ1) is 18.2. The summed E-state index contributed by atoms with van der Waals surface area (Å²) in [5.41, 5.74) is 14.4. The predicted octanol–water partition coefficient (Wildman–Crippen LogP) is 6.38. The lowest BCUT2D eigenvalue weighted by atomic mass is 9.96. The molecular weight excluding hydrogens is 516 g/mol. The Kier molecular flexibility index (Phi) is 13.1. The number of amidine groups is 2. The molecule has 0 spiro atoms. The zero-order valence-corrected chi connectivity index (χ0v) is 24.0. The summed E-state index contributed by atoms with van der Waals surface area (Å²) in [6.45, 7) is 1.31. The number of nitrogens with two attached hydrogens (primary N) is 2. The molecule has 0 aliphatic heterocycles. The van der Waals surface area contributed by atoms with Crippen molar-refractivity contribution in [3.05, 3.63) is 59.7 Å². The molecule has 0 bridgehead atoms. The summed E-state index contributed by atoms with van der Waals surface area (Å²) >= 11 is 1.82. The van der Waals surface area contributed by atoms with Crippen molar-refractivity contribution in [3.8, 4) is 11.5 Å². The smallest absolute Gasteiger partial charge is 0.125 e. The molecule has 0 unspecified atom stereocenters. The fourth-order valence-electron chi connectivity index (χ4n) is 4.95. The van der Waals surface area contributed by atoms with Crippen molar-refractivity contribution in [1.82, 2.24) is 0 Å². The molecule has 4 rings (SSSR count). The van der Waals surface area contributed by atoms with Crippen LogP contribution in [0.2, 0.25) is 0 Å². The minimum absolute atomic E-state index is 0. The molecule has 8 heteroatoms. The first kappa shape index (κ1) is 30.2. The van der Waals surface area contributed by atoms with Gasteiger partial charge in [-0.15, -0.1) is 12.4 Å². The van der Waals surface area contributed by atoms with Crippen LogP contribution in [-0.4, -0.2) is 48.5 Å². The van der Waals surface area contributed by atoms with Crippen LogP contribution in [0.3, 0.4) is 0 Å². The van der Waals surface area contributed by atoms with Gasteiger partial charge in [-0.25, -0.2) is 0 Å². The van der Waals surface area contributed by atoms with E-state index in [1.54, 1.807) is 0 Å². The maximum Gasteiger partial charge on any atom is 0.125 e. The summed E-state index contributed by atoms with van der Waals surface area (Å²) < 4.78 is 11.8. The quantitative estimate of drug-likeness (QED) is 0.179. The summed E-state index contributed by atoms with van der Waals surface area (Å²) in [5.74, 6) is 4.81. The third kappa shape index (κ3) is 10.1. The Morgan fingerprint density at radius 1 is 0.632 bits per heavy atom. The zero-order chi connectivity index (χ0) is 25.7. The second kappa shape index (κ2) is 16.6. The van der Waals surface area contributed by atoms with E-state index >= 15 is 0 Å². The highest BCUT2D eigenvalue weighted by Gasteiger charge is 2.14. The number of hydrogen-bond donors (Lipinski definition) is 2. The van der Waals surface area contributed by atoms with Crippen LogP contribution in [0.5, 0.6) is 11.5 Å². The highest BCUT2D eigenvalue weighted by Crippen LogP contribution is 2.22. The molecule has 38 heavy (non-hydrogen) atoms. The number of halogens is 1. The molecule has 6 nitrogen and oxygen atoms in total. The molecule has 208 valence electrons. The largest absolute Gasteiger partial charge is 0.493 e. The molecule has 0 radical (unpaired) electrons. The number of ether oxygens (including phenoxy) is 2. The minimum atomic E-state index is 0. The molecule has 2 aromatic carbocycles. The molecule has 2 fully saturated rings. The molecule has 2 saturated carbocycles. The fourth-order valence-corrected chi connectivity index (χ4v) is 5.55. The maximum atomic E-state index is 6.22. The average molecular weight is 559 g/mol. The molecule has 2 aliphatic rings. The Labute approximate surface area is 238 Å². The van der Waals surface area contributed by atoms with Crippen LogP contribution in [0.1, 0.15) is 75.3 Å². The summed E-state index contributed by atoms with van der Waals surface area (Å²) in [5, 5.41) is 0. The van der Waals surface area contributed by atoms with Crippen molar-refractivity contribution >= 4 is 35.8 Å². The number of aliphatic imine (C=N–C) groups is 2. The number of thioether (sulfide) groups is 1. The van der Waals surface area contributed by atoms with E-state index in [0.717, 1.165) is 59.8 Å². The molecule has 0 heterocycles. The number of hydrogen-bond acceptors (Lipinski definition) is 5. The van der Waals surface area contributed by atoms with Gasteiger partial charge in [0, 0.05) is 22.6 Å². The normalized spacial score (nSPS) is 17.6. The molecular formula is C30H43ClN4O2S. The summed E-state index contributed by atoms with van der Waals surface area (Å²) in [4.78, 5) is 9.45. The number of benzene rings is 2. The Balaban J connectivity index is 0.00000400. The summed E-state index contributed by atoms with van der Waals surface area (Å²) in [7, 11) is 0. The molecule has 0 aromatic heterocycles. The Morgan fingerprint density at radius 2 is 1.00 bits per heavy atom. The lowest BCUT2D eigenvalue weighted by Gasteiger charge is -2.18. The van der Waals surface area contributed by atoms with Gasteiger partial charge >= 0.3 is 0 Å². The van der Waals surface area contributed by atoms with Gasteiger partial charge < -0.3 is 20.9 Å². The lowest BCUT2D eigenvalue weighted by molar-refractivity contribution is 0.339. The van der Waals surface area contributed by atoms with Crippen LogP contribution in [0.15, 0.2) is 58.5 Å². The molecule has 2 aliphatic carbocycles. The molecule has 0 atom stereocenters. The van der Waals surface area contributed by atoms with E-state index in [1.165, 1.54) is 38.5 Å². The van der Waals surface area contributed by atoms with Gasteiger partial charge in [0.05, 0.1) is 25.3 Å². The second-order valence-electron chi connectivity index (χ2n) is 9.97. The summed E-state index contributed by atoms with van der Waals surface area (Å²) in [6, 6.07) is 16.7. The van der Waals surface area contributed by atoms with E-state index in [1.807, 2.05) is 60.3 Å². The van der Waals surface area contributed by atoms with Crippen LogP contribution in [0.4, 0.5) is 0 Å². The minimum Gasteiger partial charge on any atom is -0.493 e. The van der Waals surface area contributed by atoms with E-state index < -0.39 is 0 Å². The lowest BCUT2D eigenvalue weighted by Crippen LogP contribution is -2.19. The average Bonchev–Trinajstić information content (AvgIpc) is 2.94. The Hall–Kier alpha value is -2.38. The van der Waals surface area contributed by atoms with Gasteiger partial charge in [-0.2, -0.15) is 11.8 Å². The van der Waals surface area contributed by atoms with Crippen molar-refractivity contribution in [1.29, 1.82) is 0 Å². The van der Waals surface area contributed by atoms with E-state index in [-0.39, 0.29) is 12.4 Å². The van der Waals surface area contributed by atoms with E-state index in [0.29, 0.717) is 37.0 Å². The van der Waals surface area contributed by atoms with Crippen LogP contribution >= 0.6 is 24.2 Å². The Morgan fingerprint density at radius 3 is 1.37 bits per heavy atom. The van der Waals surface area contributed by atoms with E-state index in [9.17, 15) is 0 Å². The van der Waals surface area contributed by atoms with Gasteiger partial charge in [0.25, 0.3) is 0 Å². The highest BCUT2D eigenvalue weighted by molar-refractivity contribution is 7.99. The van der Waals surface area contributed by atoms with Crippen molar-refractivity contribution in [2.45, 2.75) is 76.3 Å². The first-order valence-electron chi connectivity index (χ1n) is 13.9. The van der Waals surface area contributed by atoms with E-state index in [4.69, 9.17) is 30.9 Å². The van der Waals surface area contributed by atoms with Gasteiger partial charge in [-0.1, -0.05) is 38.5 Å². The van der Waals surface area contributed by atoms with Gasteiger partial charge in [0.1, 0.15) is 23.2 Å². The monoisotopic (exact) mass is 558 g/mol. The third-order valence-corrected chi connectivity index (χ3v) is 8.00. The second-order valence-corrected chi connectivity index (χ2v) is 11.2. The van der Waals surface area contributed by atoms with Crippen LogP contribution in [0, 0.1) is 0 Å². The topological polar surface area (TPSA) is 95.2 Å². The van der Waals surface area contributed by atoms with Crippen molar-refractivity contribution < 1.29 is 9.47 Å². The SMILES string of the molecule is Cl.NC(=NC1CCCCC1)c1ccc(OCCSCCOc2ccc(C(N)=NC3CCCCC3)cc2)cc1. The highest BCUT2D eigenvalue weighted by atomic mass is 35.5. The maximum absolute atomic E-state index is 6.22. The van der Waals surface area contributed by atoms with Crippen LogP contribution in [-0.2, 0) is 0 Å².